The lowest BCUT2D eigenvalue weighted by atomic mass is 9.87. The Morgan fingerprint density at radius 2 is 1.87 bits per heavy atom. The number of aliphatic hydroxyl groups excluding tert-OH is 1. The summed E-state index contributed by atoms with van der Waals surface area (Å²) in [5, 5.41) is 11.4. The molecular weight excluding hydrogens is 211 g/mol. The lowest BCUT2D eigenvalue weighted by Crippen LogP contribution is -2.52. The van der Waals surface area contributed by atoms with Crippen LogP contribution < -0.4 is 5.32 Å². The van der Waals surface area contributed by atoms with E-state index in [1.165, 1.54) is 0 Å². The van der Waals surface area contributed by atoms with Gasteiger partial charge in [-0.05, 0) is 19.3 Å². The van der Waals surface area contributed by atoms with Gasteiger partial charge < -0.3 is 15.2 Å². The van der Waals surface area contributed by atoms with E-state index in [0.29, 0.717) is 32.5 Å². The molecule has 0 aromatic carbocycles. The average Bonchev–Trinajstić information content (AvgIpc) is 2.16. The van der Waals surface area contributed by atoms with E-state index < -0.39 is 18.3 Å². The average molecular weight is 227 g/mol. The predicted octanol–water partition coefficient (Wildman–Crippen LogP) is 1.07. The van der Waals surface area contributed by atoms with Crippen LogP contribution in [0.4, 0.5) is 13.2 Å². The molecule has 90 valence electrons. The predicted molar refractivity (Wildman–Crippen MR) is 48.5 cm³/mol. The standard InChI is InChI=1S/C9H16F3NO2/c10-9(11,12)7-13-8(1-4-14)2-5-15-6-3-8/h13-14H,1-7H2. The fourth-order valence-corrected chi connectivity index (χ4v) is 1.78. The quantitative estimate of drug-likeness (QED) is 0.754. The fourth-order valence-electron chi connectivity index (χ4n) is 1.78. The van der Waals surface area contributed by atoms with E-state index >= 15 is 0 Å². The van der Waals surface area contributed by atoms with Crippen molar-refractivity contribution < 1.29 is 23.0 Å². The van der Waals surface area contributed by atoms with Crippen LogP contribution in [0.1, 0.15) is 19.3 Å². The SMILES string of the molecule is OCCC1(NCC(F)(F)F)CCOCC1. The molecule has 1 fully saturated rings. The Hall–Kier alpha value is -0.330. The highest BCUT2D eigenvalue weighted by molar-refractivity contribution is 4.90. The maximum Gasteiger partial charge on any atom is 0.401 e. The van der Waals surface area contributed by atoms with Crippen molar-refractivity contribution in [2.45, 2.75) is 31.0 Å². The Morgan fingerprint density at radius 1 is 1.27 bits per heavy atom. The van der Waals surface area contributed by atoms with Crippen molar-refractivity contribution in [2.75, 3.05) is 26.4 Å². The highest BCUT2D eigenvalue weighted by atomic mass is 19.4. The van der Waals surface area contributed by atoms with Crippen LogP contribution >= 0.6 is 0 Å². The van der Waals surface area contributed by atoms with Crippen molar-refractivity contribution in [3.05, 3.63) is 0 Å². The molecule has 3 nitrogen and oxygen atoms in total. The van der Waals surface area contributed by atoms with Crippen LogP contribution in [0, 0.1) is 0 Å². The first-order valence-electron chi connectivity index (χ1n) is 4.98. The molecular formula is C9H16F3NO2. The Kier molecular flexibility index (Phi) is 4.36. The normalized spacial score (nSPS) is 21.6. The molecule has 6 heteroatoms. The van der Waals surface area contributed by atoms with Gasteiger partial charge in [0.25, 0.3) is 0 Å². The summed E-state index contributed by atoms with van der Waals surface area (Å²) in [6.07, 6.45) is -2.83. The number of halogens is 3. The summed E-state index contributed by atoms with van der Waals surface area (Å²) in [6.45, 7) is -0.215. The molecule has 2 N–H and O–H groups in total. The van der Waals surface area contributed by atoms with Crippen LogP contribution in [-0.4, -0.2) is 43.2 Å². The van der Waals surface area contributed by atoms with E-state index in [1.807, 2.05) is 0 Å². The van der Waals surface area contributed by atoms with Gasteiger partial charge in [-0.1, -0.05) is 0 Å². The molecule has 1 rings (SSSR count). The number of hydrogen-bond donors (Lipinski definition) is 2. The van der Waals surface area contributed by atoms with E-state index in [9.17, 15) is 13.2 Å². The van der Waals surface area contributed by atoms with Gasteiger partial charge in [0.2, 0.25) is 0 Å². The molecule has 0 spiro atoms. The Bertz CT molecular complexity index is 185. The minimum Gasteiger partial charge on any atom is -0.396 e. The Balaban J connectivity index is 2.48. The molecule has 1 heterocycles. The summed E-state index contributed by atoms with van der Waals surface area (Å²) < 4.78 is 41.3. The van der Waals surface area contributed by atoms with E-state index in [0.717, 1.165) is 0 Å². The van der Waals surface area contributed by atoms with Gasteiger partial charge in [-0.2, -0.15) is 13.2 Å². The lowest BCUT2D eigenvalue weighted by molar-refractivity contribution is -0.132. The summed E-state index contributed by atoms with van der Waals surface area (Å²) in [5.74, 6) is 0. The first-order chi connectivity index (χ1) is 6.97. The third-order valence-electron chi connectivity index (χ3n) is 2.70. The topological polar surface area (TPSA) is 41.5 Å². The van der Waals surface area contributed by atoms with Crippen molar-refractivity contribution in [1.29, 1.82) is 0 Å². The van der Waals surface area contributed by atoms with Gasteiger partial charge in [-0.15, -0.1) is 0 Å². The van der Waals surface area contributed by atoms with Gasteiger partial charge in [0.15, 0.2) is 0 Å². The zero-order valence-electron chi connectivity index (χ0n) is 8.44. The van der Waals surface area contributed by atoms with Crippen molar-refractivity contribution in [2.24, 2.45) is 0 Å². The molecule has 0 aliphatic carbocycles. The van der Waals surface area contributed by atoms with Gasteiger partial charge in [-0.3, -0.25) is 0 Å². The van der Waals surface area contributed by atoms with Crippen molar-refractivity contribution in [3.63, 3.8) is 0 Å². The minimum atomic E-state index is -4.21. The Morgan fingerprint density at radius 3 is 2.33 bits per heavy atom. The molecule has 0 bridgehead atoms. The van der Waals surface area contributed by atoms with Crippen LogP contribution in [0.15, 0.2) is 0 Å². The third-order valence-corrected chi connectivity index (χ3v) is 2.70. The molecule has 0 saturated carbocycles. The zero-order chi connectivity index (χ0) is 11.4. The maximum absolute atomic E-state index is 12.1. The van der Waals surface area contributed by atoms with Crippen molar-refractivity contribution in [3.8, 4) is 0 Å². The number of alkyl halides is 3. The van der Waals surface area contributed by atoms with Gasteiger partial charge in [-0.25, -0.2) is 0 Å². The van der Waals surface area contributed by atoms with E-state index in [2.05, 4.69) is 5.32 Å². The number of aliphatic hydroxyl groups is 1. The molecule has 0 radical (unpaired) electrons. The molecule has 0 aromatic heterocycles. The number of hydrogen-bond acceptors (Lipinski definition) is 3. The van der Waals surface area contributed by atoms with E-state index in [1.54, 1.807) is 0 Å². The second-order valence-electron chi connectivity index (χ2n) is 3.84. The van der Waals surface area contributed by atoms with E-state index in [-0.39, 0.29) is 6.61 Å². The summed E-state index contributed by atoms with van der Waals surface area (Å²) in [5.41, 5.74) is -0.609. The van der Waals surface area contributed by atoms with Crippen molar-refractivity contribution >= 4 is 0 Å². The van der Waals surface area contributed by atoms with Gasteiger partial charge >= 0.3 is 6.18 Å². The molecule has 0 amide bonds. The Labute approximate surface area is 86.6 Å². The van der Waals surface area contributed by atoms with Crippen LogP contribution in [0.25, 0.3) is 0 Å². The largest absolute Gasteiger partial charge is 0.401 e. The molecule has 0 unspecified atom stereocenters. The number of nitrogens with one attached hydrogen (secondary N) is 1. The summed E-state index contributed by atoms with van der Waals surface area (Å²) >= 11 is 0. The van der Waals surface area contributed by atoms with Crippen molar-refractivity contribution in [1.82, 2.24) is 5.32 Å². The number of ether oxygens (including phenoxy) is 1. The highest BCUT2D eigenvalue weighted by Gasteiger charge is 2.36. The highest BCUT2D eigenvalue weighted by Crippen LogP contribution is 2.25. The minimum absolute atomic E-state index is 0.106. The van der Waals surface area contributed by atoms with Gasteiger partial charge in [0, 0.05) is 25.4 Å². The summed E-state index contributed by atoms with van der Waals surface area (Å²) in [6, 6.07) is 0. The van der Waals surface area contributed by atoms with Crippen LogP contribution in [0.2, 0.25) is 0 Å². The monoisotopic (exact) mass is 227 g/mol. The first kappa shape index (κ1) is 12.7. The second kappa shape index (κ2) is 5.14. The molecule has 1 aliphatic heterocycles. The summed E-state index contributed by atoms with van der Waals surface area (Å²) in [4.78, 5) is 0. The van der Waals surface area contributed by atoms with E-state index in [4.69, 9.17) is 9.84 Å². The molecule has 15 heavy (non-hydrogen) atoms. The third kappa shape index (κ3) is 4.36. The molecule has 1 aliphatic rings. The second-order valence-corrected chi connectivity index (χ2v) is 3.84. The summed E-state index contributed by atoms with van der Waals surface area (Å²) in [7, 11) is 0. The smallest absolute Gasteiger partial charge is 0.396 e. The molecule has 0 atom stereocenters. The zero-order valence-corrected chi connectivity index (χ0v) is 8.44. The molecule has 1 saturated heterocycles. The van der Waals surface area contributed by atoms with Crippen LogP contribution in [-0.2, 0) is 4.74 Å². The van der Waals surface area contributed by atoms with Crippen LogP contribution in [0.3, 0.4) is 0 Å². The maximum atomic E-state index is 12.1. The van der Waals surface area contributed by atoms with Gasteiger partial charge in [0.05, 0.1) is 6.54 Å². The number of rotatable bonds is 4. The van der Waals surface area contributed by atoms with Crippen LogP contribution in [0.5, 0.6) is 0 Å². The molecule has 0 aromatic rings. The van der Waals surface area contributed by atoms with Gasteiger partial charge in [0.1, 0.15) is 0 Å². The lowest BCUT2D eigenvalue weighted by Gasteiger charge is -2.38. The fraction of sp³-hybridized carbons (Fsp3) is 1.00. The first-order valence-corrected chi connectivity index (χ1v) is 4.98.